The lowest BCUT2D eigenvalue weighted by atomic mass is 10.0. The average molecular weight is 424 g/mol. The lowest BCUT2D eigenvalue weighted by molar-refractivity contribution is -0.115. The van der Waals surface area contributed by atoms with Gasteiger partial charge in [-0.1, -0.05) is 0 Å². The number of nitrogens with one attached hydrogen (secondary N) is 2. The van der Waals surface area contributed by atoms with Crippen molar-refractivity contribution in [2.45, 2.75) is 63.5 Å². The van der Waals surface area contributed by atoms with E-state index in [4.69, 9.17) is 0 Å². The smallest absolute Gasteiger partial charge is 0.407 e. The van der Waals surface area contributed by atoms with Crippen LogP contribution >= 0.6 is 0 Å². The van der Waals surface area contributed by atoms with Crippen LogP contribution in [-0.4, -0.2) is 60.5 Å². The van der Waals surface area contributed by atoms with Gasteiger partial charge in [-0.25, -0.2) is 13.6 Å². The molecule has 0 saturated heterocycles. The number of hydrogen-bond donors (Lipinski definition) is 3. The summed E-state index contributed by atoms with van der Waals surface area (Å²) in [4.78, 5) is 25.0. The number of alkyl halides is 2. The number of aryl methyl sites for hydroxylation is 1. The van der Waals surface area contributed by atoms with Crippen LogP contribution in [0.5, 0.6) is 0 Å². The van der Waals surface area contributed by atoms with Gasteiger partial charge in [-0.05, 0) is 31.7 Å². The van der Waals surface area contributed by atoms with E-state index in [1.54, 1.807) is 30.2 Å². The Hall–Kier alpha value is -2.98. The second-order valence-electron chi connectivity index (χ2n) is 7.79. The molecule has 1 unspecified atom stereocenters. The molecule has 3 rings (SSSR count). The topological polar surface area (TPSA) is 116 Å². The molecule has 30 heavy (non-hydrogen) atoms. The first kappa shape index (κ1) is 21.7. The van der Waals surface area contributed by atoms with Crippen LogP contribution in [0.25, 0.3) is 0 Å². The highest BCUT2D eigenvalue weighted by Gasteiger charge is 2.36. The molecular weight excluding hydrogens is 398 g/mol. The highest BCUT2D eigenvalue weighted by atomic mass is 19.3. The molecule has 1 aliphatic rings. The van der Waals surface area contributed by atoms with Gasteiger partial charge in [0.05, 0.1) is 12.6 Å². The Balaban J connectivity index is 1.58. The number of rotatable bonds is 8. The first-order valence-corrected chi connectivity index (χ1v) is 9.85. The third-order valence-corrected chi connectivity index (χ3v) is 5.44. The Kier molecular flexibility index (Phi) is 6.68. The Bertz CT molecular complexity index is 883. The molecule has 3 atom stereocenters. The number of aromatic amines is 1. The van der Waals surface area contributed by atoms with E-state index in [-0.39, 0.29) is 24.3 Å². The molecule has 0 spiro atoms. The van der Waals surface area contributed by atoms with Gasteiger partial charge in [0.2, 0.25) is 12.3 Å². The second-order valence-corrected chi connectivity index (χ2v) is 7.79. The van der Waals surface area contributed by atoms with Gasteiger partial charge < -0.3 is 15.3 Å². The molecule has 0 radical (unpaired) electrons. The van der Waals surface area contributed by atoms with Crippen molar-refractivity contribution < 1.29 is 23.5 Å². The Morgan fingerprint density at radius 1 is 1.43 bits per heavy atom. The molecule has 164 valence electrons. The fourth-order valence-corrected chi connectivity index (χ4v) is 4.11. The number of nitrogens with zero attached hydrogens (tertiary/aromatic N) is 4. The standard InChI is InChI=1S/C19H26F2N6O3/c1-11(5-16(20)21)27(19(29)30)14-4-3-13(7-14)15-8-17(25-24-15)23-18(28)6-12-9-22-26(2)10-12/h8-11,13-14,16H,3-7H2,1-2H3,(H,29,30)(H2,23,24,25,28)/t11?,13-,14+/m0/s1. The maximum absolute atomic E-state index is 12.7. The van der Waals surface area contributed by atoms with Gasteiger partial charge in [-0.2, -0.15) is 10.2 Å². The number of halogens is 2. The van der Waals surface area contributed by atoms with Crippen molar-refractivity contribution in [1.29, 1.82) is 0 Å². The van der Waals surface area contributed by atoms with E-state index in [0.29, 0.717) is 25.1 Å². The molecule has 0 bridgehead atoms. The molecule has 1 saturated carbocycles. The molecule has 2 amide bonds. The predicted octanol–water partition coefficient (Wildman–Crippen LogP) is 2.98. The summed E-state index contributed by atoms with van der Waals surface area (Å²) in [6.45, 7) is 1.51. The summed E-state index contributed by atoms with van der Waals surface area (Å²) in [5.41, 5.74) is 1.58. The van der Waals surface area contributed by atoms with Crippen molar-refractivity contribution in [2.75, 3.05) is 5.32 Å². The first-order valence-electron chi connectivity index (χ1n) is 9.85. The lowest BCUT2D eigenvalue weighted by Gasteiger charge is -2.32. The largest absolute Gasteiger partial charge is 0.465 e. The monoisotopic (exact) mass is 424 g/mol. The zero-order valence-corrected chi connectivity index (χ0v) is 16.9. The van der Waals surface area contributed by atoms with Crippen LogP contribution < -0.4 is 5.32 Å². The van der Waals surface area contributed by atoms with Crippen molar-refractivity contribution in [3.05, 3.63) is 29.7 Å². The Labute approximate surface area is 172 Å². The van der Waals surface area contributed by atoms with E-state index in [2.05, 4.69) is 20.6 Å². The summed E-state index contributed by atoms with van der Waals surface area (Å²) in [5, 5.41) is 23.3. The number of carboxylic acid groups (broad SMARTS) is 1. The van der Waals surface area contributed by atoms with E-state index < -0.39 is 25.0 Å². The summed E-state index contributed by atoms with van der Waals surface area (Å²) < 4.78 is 27.0. The van der Waals surface area contributed by atoms with Crippen LogP contribution in [0.15, 0.2) is 18.5 Å². The van der Waals surface area contributed by atoms with Crippen LogP contribution in [0.3, 0.4) is 0 Å². The molecule has 3 N–H and O–H groups in total. The van der Waals surface area contributed by atoms with Crippen molar-refractivity contribution in [1.82, 2.24) is 24.9 Å². The van der Waals surface area contributed by atoms with Gasteiger partial charge in [0, 0.05) is 49.4 Å². The number of H-pyrrole nitrogens is 1. The van der Waals surface area contributed by atoms with Crippen LogP contribution in [0.2, 0.25) is 0 Å². The number of anilines is 1. The van der Waals surface area contributed by atoms with Gasteiger partial charge in [0.25, 0.3) is 0 Å². The molecular formula is C19H26F2N6O3. The summed E-state index contributed by atoms with van der Waals surface area (Å²) in [6.07, 6.45) is 1.17. The van der Waals surface area contributed by atoms with E-state index >= 15 is 0 Å². The summed E-state index contributed by atoms with van der Waals surface area (Å²) in [5.74, 6) is 0.193. The molecule has 2 heterocycles. The molecule has 0 aromatic carbocycles. The normalized spacial score (nSPS) is 19.8. The fraction of sp³-hybridized carbons (Fsp3) is 0.579. The van der Waals surface area contributed by atoms with Crippen LogP contribution in [0.4, 0.5) is 19.4 Å². The Morgan fingerprint density at radius 2 is 2.20 bits per heavy atom. The summed E-state index contributed by atoms with van der Waals surface area (Å²) in [6, 6.07) is 0.658. The number of amides is 2. The molecule has 1 fully saturated rings. The molecule has 2 aromatic heterocycles. The van der Waals surface area contributed by atoms with E-state index in [1.807, 2.05) is 0 Å². The average Bonchev–Trinajstić information content (AvgIpc) is 3.36. The maximum atomic E-state index is 12.7. The summed E-state index contributed by atoms with van der Waals surface area (Å²) in [7, 11) is 1.77. The van der Waals surface area contributed by atoms with E-state index in [9.17, 15) is 23.5 Å². The molecule has 0 aliphatic heterocycles. The van der Waals surface area contributed by atoms with Gasteiger partial charge in [0.1, 0.15) is 0 Å². The minimum absolute atomic E-state index is 0.0204. The lowest BCUT2D eigenvalue weighted by Crippen LogP contribution is -2.45. The van der Waals surface area contributed by atoms with Crippen LogP contribution in [0.1, 0.15) is 49.8 Å². The van der Waals surface area contributed by atoms with Crippen molar-refractivity contribution in [3.8, 4) is 0 Å². The quantitative estimate of drug-likeness (QED) is 0.602. The Morgan fingerprint density at radius 3 is 2.83 bits per heavy atom. The molecule has 1 aliphatic carbocycles. The first-order chi connectivity index (χ1) is 14.2. The van der Waals surface area contributed by atoms with Gasteiger partial charge in [-0.3, -0.25) is 14.6 Å². The zero-order valence-electron chi connectivity index (χ0n) is 16.9. The number of hydrogen-bond acceptors (Lipinski definition) is 4. The number of aromatic nitrogens is 4. The fourth-order valence-electron chi connectivity index (χ4n) is 4.11. The zero-order chi connectivity index (χ0) is 21.8. The highest BCUT2D eigenvalue weighted by Crippen LogP contribution is 2.38. The third-order valence-electron chi connectivity index (χ3n) is 5.44. The number of carbonyl (C=O) groups is 2. The predicted molar refractivity (Wildman–Crippen MR) is 104 cm³/mol. The minimum atomic E-state index is -2.55. The van der Waals surface area contributed by atoms with E-state index in [1.165, 1.54) is 6.92 Å². The van der Waals surface area contributed by atoms with Crippen molar-refractivity contribution >= 4 is 17.8 Å². The van der Waals surface area contributed by atoms with Gasteiger partial charge >= 0.3 is 6.09 Å². The van der Waals surface area contributed by atoms with Gasteiger partial charge in [-0.15, -0.1) is 0 Å². The molecule has 9 nitrogen and oxygen atoms in total. The van der Waals surface area contributed by atoms with E-state index in [0.717, 1.165) is 16.2 Å². The minimum Gasteiger partial charge on any atom is -0.465 e. The van der Waals surface area contributed by atoms with Crippen molar-refractivity contribution in [2.24, 2.45) is 7.05 Å². The highest BCUT2D eigenvalue weighted by molar-refractivity contribution is 5.91. The van der Waals surface area contributed by atoms with Crippen molar-refractivity contribution in [3.63, 3.8) is 0 Å². The number of carbonyl (C=O) groups excluding carboxylic acids is 1. The second kappa shape index (κ2) is 9.23. The molecule has 11 heteroatoms. The third kappa shape index (κ3) is 5.33. The van der Waals surface area contributed by atoms with Gasteiger partial charge in [0.15, 0.2) is 5.82 Å². The SMILES string of the molecule is CC(CC(F)F)N(C(=O)O)[C@@H]1CC[C@H](c2cc(NC(=O)Cc3cnn(C)c3)n[nH]2)C1. The maximum Gasteiger partial charge on any atom is 0.407 e. The van der Waals surface area contributed by atoms with Crippen LogP contribution in [-0.2, 0) is 18.3 Å². The van der Waals surface area contributed by atoms with Crippen LogP contribution in [0, 0.1) is 0 Å². The molecule has 2 aromatic rings. The summed E-state index contributed by atoms with van der Waals surface area (Å²) >= 11 is 0.